The first-order valence-corrected chi connectivity index (χ1v) is 5.05. The molecule has 0 aromatic heterocycles. The zero-order valence-corrected chi connectivity index (χ0v) is 9.28. The summed E-state index contributed by atoms with van der Waals surface area (Å²) < 4.78 is 0. The van der Waals surface area contributed by atoms with Gasteiger partial charge in [-0.1, -0.05) is 13.3 Å². The molecule has 12 heavy (non-hydrogen) atoms. The van der Waals surface area contributed by atoms with Crippen LogP contribution in [-0.4, -0.2) is 24.0 Å². The molecule has 0 aromatic carbocycles. The zero-order valence-electron chi connectivity index (χ0n) is 9.28. The Bertz CT molecular complexity index is 151. The molecule has 0 bridgehead atoms. The van der Waals surface area contributed by atoms with E-state index in [2.05, 4.69) is 39.6 Å². The third kappa shape index (κ3) is 2.22. The Morgan fingerprint density at radius 2 is 1.75 bits per heavy atom. The highest BCUT2D eigenvalue weighted by Gasteiger charge is 2.34. The highest BCUT2D eigenvalue weighted by molar-refractivity contribution is 4.88. The maximum Gasteiger partial charge on any atom is 0.0122 e. The van der Waals surface area contributed by atoms with Gasteiger partial charge in [0.2, 0.25) is 0 Å². The average Bonchev–Trinajstić information content (AvgIpc) is 1.82. The first-order chi connectivity index (χ1) is 5.33. The second kappa shape index (κ2) is 3.02. The molecule has 72 valence electrons. The Kier molecular flexibility index (Phi) is 2.53. The standard InChI is InChI=1S/C11H23N/c1-10(2,3)12(5)9-11(4)7-6-8-11/h6-9H2,1-5H3. The van der Waals surface area contributed by atoms with E-state index >= 15 is 0 Å². The highest BCUT2D eigenvalue weighted by Crippen LogP contribution is 2.41. The molecule has 0 aliphatic heterocycles. The molecule has 0 unspecified atom stereocenters. The van der Waals surface area contributed by atoms with Crippen molar-refractivity contribution in [2.24, 2.45) is 5.41 Å². The van der Waals surface area contributed by atoms with Gasteiger partial charge >= 0.3 is 0 Å². The smallest absolute Gasteiger partial charge is 0.0122 e. The molecule has 0 saturated heterocycles. The van der Waals surface area contributed by atoms with Gasteiger partial charge in [-0.25, -0.2) is 0 Å². The lowest BCUT2D eigenvalue weighted by Crippen LogP contribution is -2.46. The van der Waals surface area contributed by atoms with Crippen LogP contribution in [0.3, 0.4) is 0 Å². The molecule has 1 nitrogen and oxygen atoms in total. The molecule has 0 heterocycles. The minimum Gasteiger partial charge on any atom is -0.301 e. The fraction of sp³-hybridized carbons (Fsp3) is 1.00. The predicted octanol–water partition coefficient (Wildman–Crippen LogP) is 2.91. The van der Waals surface area contributed by atoms with Crippen molar-refractivity contribution in [3.05, 3.63) is 0 Å². The van der Waals surface area contributed by atoms with E-state index in [4.69, 9.17) is 0 Å². The van der Waals surface area contributed by atoms with Gasteiger partial charge in [-0.3, -0.25) is 0 Å². The molecular weight excluding hydrogens is 146 g/mol. The Labute approximate surface area is 77.1 Å². The Balaban J connectivity index is 2.40. The fourth-order valence-electron chi connectivity index (χ4n) is 1.75. The second-order valence-corrected chi connectivity index (χ2v) is 5.69. The van der Waals surface area contributed by atoms with Gasteiger partial charge in [0, 0.05) is 12.1 Å². The molecule has 0 amide bonds. The number of rotatable bonds is 2. The van der Waals surface area contributed by atoms with Crippen molar-refractivity contribution in [3.8, 4) is 0 Å². The molecule has 1 aliphatic rings. The summed E-state index contributed by atoms with van der Waals surface area (Å²) in [6.07, 6.45) is 4.29. The molecule has 1 fully saturated rings. The van der Waals surface area contributed by atoms with E-state index in [1.807, 2.05) is 0 Å². The van der Waals surface area contributed by atoms with Crippen molar-refractivity contribution in [2.75, 3.05) is 13.6 Å². The predicted molar refractivity (Wildman–Crippen MR) is 54.3 cm³/mol. The van der Waals surface area contributed by atoms with Crippen molar-refractivity contribution < 1.29 is 0 Å². The van der Waals surface area contributed by atoms with Gasteiger partial charge in [-0.05, 0) is 46.1 Å². The van der Waals surface area contributed by atoms with Crippen LogP contribution in [0.2, 0.25) is 0 Å². The lowest BCUT2D eigenvalue weighted by Gasteiger charge is -2.45. The largest absolute Gasteiger partial charge is 0.301 e. The third-order valence-corrected chi connectivity index (χ3v) is 3.32. The van der Waals surface area contributed by atoms with Crippen LogP contribution in [0.4, 0.5) is 0 Å². The van der Waals surface area contributed by atoms with Crippen LogP contribution in [0.25, 0.3) is 0 Å². The first-order valence-electron chi connectivity index (χ1n) is 5.05. The van der Waals surface area contributed by atoms with Crippen LogP contribution in [0.15, 0.2) is 0 Å². The van der Waals surface area contributed by atoms with Crippen LogP contribution in [0, 0.1) is 5.41 Å². The van der Waals surface area contributed by atoms with Gasteiger partial charge in [-0.15, -0.1) is 0 Å². The van der Waals surface area contributed by atoms with Gasteiger partial charge < -0.3 is 4.90 Å². The zero-order chi connectivity index (χ0) is 9.41. The molecule has 0 radical (unpaired) electrons. The van der Waals surface area contributed by atoms with E-state index in [1.165, 1.54) is 25.8 Å². The van der Waals surface area contributed by atoms with Gasteiger partial charge in [-0.2, -0.15) is 0 Å². The van der Waals surface area contributed by atoms with Crippen molar-refractivity contribution in [2.45, 2.75) is 52.5 Å². The average molecular weight is 169 g/mol. The van der Waals surface area contributed by atoms with Gasteiger partial charge in [0.05, 0.1) is 0 Å². The normalized spacial score (nSPS) is 22.5. The molecule has 1 saturated carbocycles. The van der Waals surface area contributed by atoms with E-state index in [1.54, 1.807) is 0 Å². The van der Waals surface area contributed by atoms with Crippen molar-refractivity contribution in [1.82, 2.24) is 4.90 Å². The Hall–Kier alpha value is -0.0400. The SMILES string of the molecule is CN(CC1(C)CCC1)C(C)(C)C. The summed E-state index contributed by atoms with van der Waals surface area (Å²) in [5.74, 6) is 0. The third-order valence-electron chi connectivity index (χ3n) is 3.32. The van der Waals surface area contributed by atoms with E-state index < -0.39 is 0 Å². The minimum atomic E-state index is 0.332. The van der Waals surface area contributed by atoms with E-state index in [0.29, 0.717) is 11.0 Å². The monoisotopic (exact) mass is 169 g/mol. The maximum absolute atomic E-state index is 2.48. The fourth-order valence-corrected chi connectivity index (χ4v) is 1.75. The van der Waals surface area contributed by atoms with Crippen LogP contribution in [0.1, 0.15) is 47.0 Å². The van der Waals surface area contributed by atoms with Crippen LogP contribution in [-0.2, 0) is 0 Å². The molecule has 0 spiro atoms. The summed E-state index contributed by atoms with van der Waals surface area (Å²) in [5, 5.41) is 0. The molecule has 0 aromatic rings. The van der Waals surface area contributed by atoms with E-state index in [-0.39, 0.29) is 0 Å². The Morgan fingerprint density at radius 1 is 1.25 bits per heavy atom. The number of nitrogens with zero attached hydrogens (tertiary/aromatic N) is 1. The second-order valence-electron chi connectivity index (χ2n) is 5.69. The van der Waals surface area contributed by atoms with Crippen molar-refractivity contribution in [3.63, 3.8) is 0 Å². The summed E-state index contributed by atoms with van der Waals surface area (Å²) in [7, 11) is 2.24. The summed E-state index contributed by atoms with van der Waals surface area (Å²) in [4.78, 5) is 2.48. The first kappa shape index (κ1) is 10.0. The Morgan fingerprint density at radius 3 is 2.00 bits per heavy atom. The molecule has 1 aliphatic carbocycles. The van der Waals surface area contributed by atoms with Crippen LogP contribution in [0.5, 0.6) is 0 Å². The lowest BCUT2D eigenvalue weighted by atomic mass is 9.70. The molecular formula is C11H23N. The number of hydrogen-bond acceptors (Lipinski definition) is 1. The molecule has 0 N–H and O–H groups in total. The summed E-state index contributed by atoms with van der Waals surface area (Å²) in [5.41, 5.74) is 0.959. The summed E-state index contributed by atoms with van der Waals surface area (Å²) in [6, 6.07) is 0. The molecule has 0 atom stereocenters. The summed E-state index contributed by atoms with van der Waals surface area (Å²) in [6.45, 7) is 10.5. The molecule has 1 rings (SSSR count). The summed E-state index contributed by atoms with van der Waals surface area (Å²) >= 11 is 0. The quantitative estimate of drug-likeness (QED) is 0.614. The van der Waals surface area contributed by atoms with Gasteiger partial charge in [0.25, 0.3) is 0 Å². The highest BCUT2D eigenvalue weighted by atomic mass is 15.2. The van der Waals surface area contributed by atoms with Crippen molar-refractivity contribution in [1.29, 1.82) is 0 Å². The van der Waals surface area contributed by atoms with E-state index in [9.17, 15) is 0 Å². The number of hydrogen-bond donors (Lipinski definition) is 0. The minimum absolute atomic E-state index is 0.332. The lowest BCUT2D eigenvalue weighted by molar-refractivity contribution is 0.0529. The van der Waals surface area contributed by atoms with Crippen molar-refractivity contribution >= 4 is 0 Å². The van der Waals surface area contributed by atoms with E-state index in [0.717, 1.165) is 0 Å². The topological polar surface area (TPSA) is 3.24 Å². The van der Waals surface area contributed by atoms with Crippen LogP contribution >= 0.6 is 0 Å². The van der Waals surface area contributed by atoms with Crippen LogP contribution < -0.4 is 0 Å². The van der Waals surface area contributed by atoms with Gasteiger partial charge in [0.1, 0.15) is 0 Å². The molecule has 1 heteroatoms. The maximum atomic E-state index is 2.48. The van der Waals surface area contributed by atoms with Gasteiger partial charge in [0.15, 0.2) is 0 Å².